The molecule has 0 radical (unpaired) electrons. The van der Waals surface area contributed by atoms with E-state index in [2.05, 4.69) is 20.8 Å². The monoisotopic (exact) mass is 296 g/mol. The van der Waals surface area contributed by atoms with Crippen LogP contribution in [0.1, 0.15) is 51.2 Å². The molecule has 20 heavy (non-hydrogen) atoms. The van der Waals surface area contributed by atoms with E-state index in [1.54, 1.807) is 0 Å². The van der Waals surface area contributed by atoms with Gasteiger partial charge in [-0.2, -0.15) is 0 Å². The summed E-state index contributed by atoms with van der Waals surface area (Å²) in [7, 11) is 1.54. The van der Waals surface area contributed by atoms with E-state index in [0.717, 1.165) is 17.5 Å². The van der Waals surface area contributed by atoms with Crippen molar-refractivity contribution in [2.24, 2.45) is 0 Å². The fourth-order valence-electron chi connectivity index (χ4n) is 2.72. The maximum Gasteiger partial charge on any atom is 0.314 e. The van der Waals surface area contributed by atoms with E-state index in [-0.39, 0.29) is 5.41 Å². The molecule has 3 nitrogen and oxygen atoms in total. The molecule has 110 valence electrons. The number of carboxylic acid groups (broad SMARTS) is 1. The average Bonchev–Trinajstić information content (AvgIpc) is 2.25. The lowest BCUT2D eigenvalue weighted by Gasteiger charge is -2.39. The van der Waals surface area contributed by atoms with E-state index in [4.69, 9.17) is 16.3 Å². The first-order valence-corrected chi connectivity index (χ1v) is 7.22. The molecule has 1 aliphatic carbocycles. The zero-order valence-electron chi connectivity index (χ0n) is 12.4. The predicted molar refractivity (Wildman–Crippen MR) is 79.9 cm³/mol. The van der Waals surface area contributed by atoms with Crippen molar-refractivity contribution in [2.75, 3.05) is 7.11 Å². The third-order valence-electron chi connectivity index (χ3n) is 4.25. The number of aliphatic carboxylic acids is 1. The molecular formula is C16H21ClO3. The van der Waals surface area contributed by atoms with Crippen LogP contribution in [0.2, 0.25) is 5.02 Å². The number of rotatable bonds is 3. The minimum atomic E-state index is -0.837. The van der Waals surface area contributed by atoms with Crippen molar-refractivity contribution in [1.82, 2.24) is 0 Å². The maximum atomic E-state index is 11.7. The molecule has 1 aliphatic rings. The minimum Gasteiger partial charge on any atom is -0.495 e. The van der Waals surface area contributed by atoms with Crippen LogP contribution >= 0.6 is 11.6 Å². The van der Waals surface area contributed by atoms with Crippen molar-refractivity contribution in [3.8, 4) is 5.75 Å². The van der Waals surface area contributed by atoms with Gasteiger partial charge in [-0.25, -0.2) is 0 Å². The normalized spacial score (nSPS) is 17.4. The number of ether oxygens (including phenoxy) is 1. The summed E-state index contributed by atoms with van der Waals surface area (Å²) in [6.07, 6.45) is 2.21. The number of hydrogen-bond donors (Lipinski definition) is 1. The van der Waals surface area contributed by atoms with Crippen LogP contribution in [0.3, 0.4) is 0 Å². The second-order valence-corrected chi connectivity index (χ2v) is 6.94. The molecule has 1 aromatic carbocycles. The Labute approximate surface area is 124 Å². The Balaban J connectivity index is 2.67. The summed E-state index contributed by atoms with van der Waals surface area (Å²) in [5.41, 5.74) is 0.826. The van der Waals surface area contributed by atoms with E-state index >= 15 is 0 Å². The Hall–Kier alpha value is -1.22. The molecular weight excluding hydrogens is 276 g/mol. The summed E-state index contributed by atoms with van der Waals surface area (Å²) in [5.74, 6) is -0.286. The molecule has 2 rings (SSSR count). The van der Waals surface area contributed by atoms with Crippen LogP contribution in [-0.2, 0) is 15.6 Å². The zero-order valence-corrected chi connectivity index (χ0v) is 13.2. The Morgan fingerprint density at radius 3 is 2.30 bits per heavy atom. The third-order valence-corrected chi connectivity index (χ3v) is 4.53. The van der Waals surface area contributed by atoms with Crippen LogP contribution in [0.5, 0.6) is 5.75 Å². The van der Waals surface area contributed by atoms with Gasteiger partial charge in [0.1, 0.15) is 5.75 Å². The van der Waals surface area contributed by atoms with Crippen LogP contribution < -0.4 is 4.74 Å². The molecule has 4 heteroatoms. The van der Waals surface area contributed by atoms with E-state index in [1.807, 2.05) is 12.1 Å². The summed E-state index contributed by atoms with van der Waals surface area (Å²) < 4.78 is 5.38. The van der Waals surface area contributed by atoms with Crippen molar-refractivity contribution < 1.29 is 14.6 Å². The molecule has 0 spiro atoms. The standard InChI is InChI=1S/C16H21ClO3/c1-15(2,3)10-8-11(13(20-4)12(17)9-10)16(14(18)19)6-5-7-16/h8-9H,5-7H2,1-4H3,(H,18,19). The highest BCUT2D eigenvalue weighted by Crippen LogP contribution is 2.50. The SMILES string of the molecule is COc1c(Cl)cc(C(C)(C)C)cc1C1(C(=O)O)CCC1. The van der Waals surface area contributed by atoms with Gasteiger partial charge in [-0.05, 0) is 29.9 Å². The van der Waals surface area contributed by atoms with Crippen molar-refractivity contribution in [3.05, 3.63) is 28.3 Å². The van der Waals surface area contributed by atoms with Gasteiger partial charge in [-0.15, -0.1) is 0 Å². The third kappa shape index (κ3) is 2.28. The molecule has 0 amide bonds. The summed E-state index contributed by atoms with van der Waals surface area (Å²) in [4.78, 5) is 11.7. The van der Waals surface area contributed by atoms with E-state index in [0.29, 0.717) is 23.6 Å². The molecule has 1 fully saturated rings. The topological polar surface area (TPSA) is 46.5 Å². The second-order valence-electron chi connectivity index (χ2n) is 6.53. The summed E-state index contributed by atoms with van der Waals surface area (Å²) in [6.45, 7) is 6.26. The van der Waals surface area contributed by atoms with Crippen LogP contribution in [0, 0.1) is 0 Å². The van der Waals surface area contributed by atoms with Crippen molar-refractivity contribution in [1.29, 1.82) is 0 Å². The maximum absolute atomic E-state index is 11.7. The van der Waals surface area contributed by atoms with Crippen LogP contribution in [0.4, 0.5) is 0 Å². The first kappa shape index (κ1) is 15.2. The van der Waals surface area contributed by atoms with Gasteiger partial charge in [0.2, 0.25) is 0 Å². The lowest BCUT2D eigenvalue weighted by Crippen LogP contribution is -2.42. The van der Waals surface area contributed by atoms with Crippen LogP contribution in [0.25, 0.3) is 0 Å². The predicted octanol–water partition coefficient (Wildman–Crippen LogP) is 4.15. The number of benzene rings is 1. The summed E-state index contributed by atoms with van der Waals surface area (Å²) in [6, 6.07) is 3.83. The van der Waals surface area contributed by atoms with Crippen LogP contribution in [0.15, 0.2) is 12.1 Å². The molecule has 1 N–H and O–H groups in total. The van der Waals surface area contributed by atoms with Crippen LogP contribution in [-0.4, -0.2) is 18.2 Å². The smallest absolute Gasteiger partial charge is 0.314 e. The van der Waals surface area contributed by atoms with Gasteiger partial charge in [-0.3, -0.25) is 4.79 Å². The molecule has 0 atom stereocenters. The number of carboxylic acids is 1. The molecule has 0 aromatic heterocycles. The molecule has 1 aromatic rings. The summed E-state index contributed by atoms with van der Waals surface area (Å²) >= 11 is 6.31. The molecule has 0 unspecified atom stereocenters. The fourth-order valence-corrected chi connectivity index (χ4v) is 3.01. The second kappa shape index (κ2) is 4.96. The van der Waals surface area contributed by atoms with Crippen molar-refractivity contribution in [2.45, 2.75) is 50.9 Å². The Morgan fingerprint density at radius 1 is 1.35 bits per heavy atom. The first-order chi connectivity index (χ1) is 9.22. The van der Waals surface area contributed by atoms with E-state index < -0.39 is 11.4 Å². The largest absolute Gasteiger partial charge is 0.495 e. The highest BCUT2D eigenvalue weighted by molar-refractivity contribution is 6.32. The number of carbonyl (C=O) groups is 1. The Bertz CT molecular complexity index is 539. The number of halogens is 1. The van der Waals surface area contributed by atoms with E-state index in [9.17, 15) is 9.90 Å². The quantitative estimate of drug-likeness (QED) is 0.911. The lowest BCUT2D eigenvalue weighted by atomic mass is 9.63. The Kier molecular flexibility index (Phi) is 3.76. The number of hydrogen-bond acceptors (Lipinski definition) is 2. The fraction of sp³-hybridized carbons (Fsp3) is 0.562. The van der Waals surface area contributed by atoms with Gasteiger partial charge >= 0.3 is 5.97 Å². The molecule has 0 saturated heterocycles. The van der Waals surface area contributed by atoms with Gasteiger partial charge < -0.3 is 9.84 Å². The van der Waals surface area contributed by atoms with Gasteiger partial charge in [0, 0.05) is 5.56 Å². The van der Waals surface area contributed by atoms with Crippen molar-refractivity contribution in [3.63, 3.8) is 0 Å². The summed E-state index contributed by atoms with van der Waals surface area (Å²) in [5, 5.41) is 10.1. The first-order valence-electron chi connectivity index (χ1n) is 6.84. The van der Waals surface area contributed by atoms with Gasteiger partial charge in [0.05, 0.1) is 17.5 Å². The molecule has 0 aliphatic heterocycles. The zero-order chi connectivity index (χ0) is 15.1. The van der Waals surface area contributed by atoms with Crippen molar-refractivity contribution >= 4 is 17.6 Å². The molecule has 1 saturated carbocycles. The highest BCUT2D eigenvalue weighted by Gasteiger charge is 2.48. The number of methoxy groups -OCH3 is 1. The lowest BCUT2D eigenvalue weighted by molar-refractivity contribution is -0.147. The molecule has 0 bridgehead atoms. The van der Waals surface area contributed by atoms with Gasteiger partial charge in [-0.1, -0.05) is 44.9 Å². The Morgan fingerprint density at radius 2 is 1.95 bits per heavy atom. The highest BCUT2D eigenvalue weighted by atomic mass is 35.5. The van der Waals surface area contributed by atoms with Gasteiger partial charge in [0.15, 0.2) is 0 Å². The molecule has 0 heterocycles. The van der Waals surface area contributed by atoms with E-state index in [1.165, 1.54) is 7.11 Å². The average molecular weight is 297 g/mol. The van der Waals surface area contributed by atoms with Gasteiger partial charge in [0.25, 0.3) is 0 Å². The minimum absolute atomic E-state index is 0.0892.